The maximum absolute atomic E-state index is 14.1. The summed E-state index contributed by atoms with van der Waals surface area (Å²) < 4.78 is 61.4. The van der Waals surface area contributed by atoms with E-state index in [9.17, 15) is 27.2 Å². The Labute approximate surface area is 263 Å². The Balaban J connectivity index is 1.39. The fraction of sp³-hybridized carbons (Fsp3) is 0.333. The van der Waals surface area contributed by atoms with Crippen LogP contribution in [0.25, 0.3) is 11.1 Å². The van der Waals surface area contributed by atoms with Crippen molar-refractivity contribution < 1.29 is 31.9 Å². The second kappa shape index (κ2) is 12.8. The average Bonchev–Trinajstić information content (AvgIpc) is 3.48. The fourth-order valence-corrected chi connectivity index (χ4v) is 5.06. The number of halogens is 4. The molecule has 2 amide bonds. The number of likely N-dealkylation sites (tertiary alicyclic amines) is 1. The molecule has 0 bridgehead atoms. The number of benzene rings is 2. The van der Waals surface area contributed by atoms with Gasteiger partial charge in [0.15, 0.2) is 5.82 Å². The van der Waals surface area contributed by atoms with Gasteiger partial charge in [0.05, 0.1) is 23.5 Å². The van der Waals surface area contributed by atoms with E-state index in [1.807, 2.05) is 62.8 Å². The van der Waals surface area contributed by atoms with E-state index >= 15 is 0 Å². The molecule has 46 heavy (non-hydrogen) atoms. The van der Waals surface area contributed by atoms with Crippen LogP contribution in [0.5, 0.6) is 0 Å². The largest absolute Gasteiger partial charge is 0.444 e. The predicted octanol–water partition coefficient (Wildman–Crippen LogP) is 7.98. The molecule has 2 N–H and O–H groups in total. The zero-order chi connectivity index (χ0) is 33.2. The lowest BCUT2D eigenvalue weighted by Crippen LogP contribution is -2.42. The highest BCUT2D eigenvalue weighted by Gasteiger charge is 2.32. The van der Waals surface area contributed by atoms with Gasteiger partial charge in [-0.25, -0.2) is 14.2 Å². The Bertz CT molecular complexity index is 1740. The van der Waals surface area contributed by atoms with E-state index in [0.717, 1.165) is 11.6 Å². The summed E-state index contributed by atoms with van der Waals surface area (Å²) >= 11 is 0. The van der Waals surface area contributed by atoms with Gasteiger partial charge in [-0.3, -0.25) is 9.48 Å². The molecule has 4 aromatic rings. The van der Waals surface area contributed by atoms with Crippen LogP contribution >= 0.6 is 0 Å². The molecule has 0 unspecified atom stereocenters. The molecule has 3 heterocycles. The van der Waals surface area contributed by atoms with Gasteiger partial charge >= 0.3 is 12.3 Å². The number of nitrogens with one attached hydrogen (secondary N) is 2. The fourth-order valence-electron chi connectivity index (χ4n) is 5.06. The number of carbonyl (C=O) groups is 2. The summed E-state index contributed by atoms with van der Waals surface area (Å²) in [6.07, 6.45) is 1.25. The Hall–Kier alpha value is -4.94. The first-order valence-corrected chi connectivity index (χ1v) is 14.7. The number of rotatable bonds is 6. The summed E-state index contributed by atoms with van der Waals surface area (Å²) in [4.78, 5) is 31.8. The third-order valence-corrected chi connectivity index (χ3v) is 7.45. The van der Waals surface area contributed by atoms with Gasteiger partial charge in [0.1, 0.15) is 11.4 Å². The topological polar surface area (TPSA) is 101 Å². The van der Waals surface area contributed by atoms with Crippen molar-refractivity contribution in [1.82, 2.24) is 19.7 Å². The normalized spacial score (nSPS) is 14.2. The molecule has 5 rings (SSSR count). The number of aryl methyl sites for hydroxylation is 1. The Morgan fingerprint density at radius 1 is 0.957 bits per heavy atom. The minimum absolute atomic E-state index is 0.0392. The van der Waals surface area contributed by atoms with Crippen molar-refractivity contribution in [2.45, 2.75) is 58.4 Å². The quantitative estimate of drug-likeness (QED) is 0.208. The van der Waals surface area contributed by atoms with Gasteiger partial charge in [0, 0.05) is 47.9 Å². The van der Waals surface area contributed by atoms with Crippen LogP contribution < -0.4 is 10.6 Å². The average molecular weight is 639 g/mol. The molecular formula is C33H34F4N6O3. The molecule has 1 saturated heterocycles. The van der Waals surface area contributed by atoms with Crippen molar-refractivity contribution in [1.29, 1.82) is 0 Å². The van der Waals surface area contributed by atoms with Crippen molar-refractivity contribution in [3.8, 4) is 11.1 Å². The number of hydrogen-bond donors (Lipinski definition) is 2. The second-order valence-electron chi connectivity index (χ2n) is 12.1. The van der Waals surface area contributed by atoms with E-state index in [1.54, 1.807) is 23.4 Å². The number of carbonyl (C=O) groups excluding carboxylic acids is 2. The standard InChI is InChI=1S/C33H34F4N6O3/c1-20-7-5-6-8-27(20)40-29-28(41-30(44)21-13-24(33(35,36)37)16-25(34)14-21)15-22(17-38-29)23-18-39-43(19-23)26-9-11-42(12-10-26)31(45)46-32(2,3)4/h5-8,13-19,26H,9-12H2,1-4H3,(H,38,40)(H,41,44). The van der Waals surface area contributed by atoms with Crippen molar-refractivity contribution in [2.24, 2.45) is 0 Å². The summed E-state index contributed by atoms with van der Waals surface area (Å²) in [5, 5.41) is 10.3. The summed E-state index contributed by atoms with van der Waals surface area (Å²) in [5.41, 5.74) is 0.687. The van der Waals surface area contributed by atoms with Gasteiger partial charge in [0.25, 0.3) is 5.91 Å². The van der Waals surface area contributed by atoms with Crippen LogP contribution in [-0.4, -0.2) is 50.4 Å². The van der Waals surface area contributed by atoms with Crippen molar-refractivity contribution in [2.75, 3.05) is 23.7 Å². The summed E-state index contributed by atoms with van der Waals surface area (Å²) in [5.74, 6) is -1.89. The van der Waals surface area contributed by atoms with Gasteiger partial charge in [-0.05, 0) is 76.4 Å². The highest BCUT2D eigenvalue weighted by molar-refractivity contribution is 6.06. The number of amides is 2. The molecule has 0 saturated carbocycles. The monoisotopic (exact) mass is 638 g/mol. The van der Waals surface area contributed by atoms with Gasteiger partial charge < -0.3 is 20.3 Å². The van der Waals surface area contributed by atoms with Gasteiger partial charge in [-0.1, -0.05) is 18.2 Å². The summed E-state index contributed by atoms with van der Waals surface area (Å²) in [6, 6.07) is 10.7. The molecule has 0 radical (unpaired) electrons. The number of hydrogen-bond acceptors (Lipinski definition) is 6. The number of alkyl halides is 3. The van der Waals surface area contributed by atoms with Crippen molar-refractivity contribution in [3.05, 3.63) is 89.6 Å². The predicted molar refractivity (Wildman–Crippen MR) is 165 cm³/mol. The van der Waals surface area contributed by atoms with Gasteiger partial charge in [-0.2, -0.15) is 18.3 Å². The van der Waals surface area contributed by atoms with E-state index in [0.29, 0.717) is 54.9 Å². The van der Waals surface area contributed by atoms with Gasteiger partial charge in [-0.15, -0.1) is 0 Å². The molecule has 9 nitrogen and oxygen atoms in total. The minimum atomic E-state index is -4.83. The molecule has 0 aliphatic carbocycles. The number of aromatic nitrogens is 3. The number of para-hydroxylation sites is 1. The Morgan fingerprint density at radius 2 is 1.67 bits per heavy atom. The smallest absolute Gasteiger partial charge is 0.416 e. The molecule has 242 valence electrons. The first-order valence-electron chi connectivity index (χ1n) is 14.7. The van der Waals surface area contributed by atoms with Crippen LogP contribution in [-0.2, 0) is 10.9 Å². The molecular weight excluding hydrogens is 604 g/mol. The molecule has 1 aliphatic rings. The van der Waals surface area contributed by atoms with E-state index in [4.69, 9.17) is 4.74 Å². The van der Waals surface area contributed by atoms with Crippen LogP contribution in [0.3, 0.4) is 0 Å². The highest BCUT2D eigenvalue weighted by atomic mass is 19.4. The Kier molecular flexibility index (Phi) is 9.04. The number of pyridine rings is 1. The SMILES string of the molecule is Cc1ccccc1Nc1ncc(-c2cnn(C3CCN(C(=O)OC(C)(C)C)CC3)c2)cc1NC(=O)c1cc(F)cc(C(F)(F)F)c1. The molecule has 0 atom stereocenters. The minimum Gasteiger partial charge on any atom is -0.444 e. The molecule has 1 fully saturated rings. The van der Waals surface area contributed by atoms with Crippen LogP contribution in [0.4, 0.5) is 39.5 Å². The summed E-state index contributed by atoms with van der Waals surface area (Å²) in [6.45, 7) is 8.39. The molecule has 2 aromatic carbocycles. The van der Waals surface area contributed by atoms with Crippen LogP contribution in [0.2, 0.25) is 0 Å². The third kappa shape index (κ3) is 7.82. The molecule has 1 aliphatic heterocycles. The van der Waals surface area contributed by atoms with Gasteiger partial charge in [0.2, 0.25) is 0 Å². The zero-order valence-corrected chi connectivity index (χ0v) is 25.8. The third-order valence-electron chi connectivity index (χ3n) is 7.45. The van der Waals surface area contributed by atoms with E-state index in [2.05, 4.69) is 20.7 Å². The van der Waals surface area contributed by atoms with E-state index < -0.39 is 34.6 Å². The van der Waals surface area contributed by atoms with Crippen molar-refractivity contribution in [3.63, 3.8) is 0 Å². The zero-order valence-electron chi connectivity index (χ0n) is 25.8. The molecule has 2 aromatic heterocycles. The molecule has 13 heteroatoms. The molecule has 0 spiro atoms. The first-order chi connectivity index (χ1) is 21.7. The highest BCUT2D eigenvalue weighted by Crippen LogP contribution is 2.33. The second-order valence-corrected chi connectivity index (χ2v) is 12.1. The number of nitrogens with zero attached hydrogens (tertiary/aromatic N) is 4. The van der Waals surface area contributed by atoms with Crippen LogP contribution in [0.1, 0.15) is 61.1 Å². The lowest BCUT2D eigenvalue weighted by atomic mass is 10.1. The first kappa shape index (κ1) is 32.5. The van der Waals surface area contributed by atoms with E-state index in [1.165, 1.54) is 0 Å². The maximum Gasteiger partial charge on any atom is 0.416 e. The summed E-state index contributed by atoms with van der Waals surface area (Å²) in [7, 11) is 0. The Morgan fingerprint density at radius 3 is 2.35 bits per heavy atom. The maximum atomic E-state index is 14.1. The number of anilines is 3. The van der Waals surface area contributed by atoms with Crippen LogP contribution in [0.15, 0.2) is 67.1 Å². The lowest BCUT2D eigenvalue weighted by molar-refractivity contribution is -0.137. The lowest BCUT2D eigenvalue weighted by Gasteiger charge is -2.33. The van der Waals surface area contributed by atoms with Crippen LogP contribution in [0, 0.1) is 12.7 Å². The van der Waals surface area contributed by atoms with Crippen molar-refractivity contribution >= 4 is 29.2 Å². The van der Waals surface area contributed by atoms with E-state index in [-0.39, 0.29) is 23.6 Å². The number of ether oxygens (including phenoxy) is 1. The number of piperidine rings is 1.